The van der Waals surface area contributed by atoms with E-state index in [-0.39, 0.29) is 11.9 Å². The molecule has 0 radical (unpaired) electrons. The Morgan fingerprint density at radius 1 is 1.42 bits per heavy atom. The van der Waals surface area contributed by atoms with Crippen molar-refractivity contribution in [2.24, 2.45) is 0 Å². The zero-order valence-electron chi connectivity index (χ0n) is 11.3. The molecule has 0 spiro atoms. The van der Waals surface area contributed by atoms with Crippen LogP contribution >= 0.6 is 0 Å². The van der Waals surface area contributed by atoms with Gasteiger partial charge in [0.25, 0.3) is 5.91 Å². The summed E-state index contributed by atoms with van der Waals surface area (Å²) in [5, 5.41) is 0. The fourth-order valence-electron chi connectivity index (χ4n) is 2.39. The molecule has 1 saturated carbocycles. The highest BCUT2D eigenvalue weighted by Crippen LogP contribution is 2.23. The van der Waals surface area contributed by atoms with Crippen LogP contribution in [-0.4, -0.2) is 41.8 Å². The second-order valence-corrected chi connectivity index (χ2v) is 4.76. The molecule has 1 aromatic rings. The van der Waals surface area contributed by atoms with Crippen molar-refractivity contribution in [1.29, 1.82) is 0 Å². The largest absolute Gasteiger partial charge is 0.494 e. The molecule has 0 unspecified atom stereocenters. The molecule has 0 aliphatic heterocycles. The molecule has 1 amide bonds. The topological polar surface area (TPSA) is 59.5 Å². The van der Waals surface area contributed by atoms with E-state index in [1.165, 1.54) is 13.3 Å². The average molecular weight is 262 g/mol. The number of hydrogen-bond donors (Lipinski definition) is 0. The molecule has 5 heteroatoms. The Kier molecular flexibility index (Phi) is 4.14. The molecule has 0 aromatic carbocycles. The summed E-state index contributed by atoms with van der Waals surface area (Å²) in [7, 11) is 3.30. The molecule has 0 saturated heterocycles. The fraction of sp³-hybridized carbons (Fsp3) is 0.500. The Hall–Kier alpha value is -1.91. The number of amides is 1. The van der Waals surface area contributed by atoms with Gasteiger partial charge in [-0.25, -0.2) is 0 Å². The van der Waals surface area contributed by atoms with Gasteiger partial charge in [0.2, 0.25) is 0 Å². The van der Waals surface area contributed by atoms with E-state index in [9.17, 15) is 9.59 Å². The van der Waals surface area contributed by atoms with Crippen LogP contribution in [0.1, 0.15) is 36.0 Å². The van der Waals surface area contributed by atoms with Gasteiger partial charge in [-0.2, -0.15) is 0 Å². The molecular weight excluding hydrogens is 244 g/mol. The van der Waals surface area contributed by atoms with Crippen LogP contribution in [0.15, 0.2) is 18.5 Å². The van der Waals surface area contributed by atoms with Crippen molar-refractivity contribution >= 4 is 11.7 Å². The van der Waals surface area contributed by atoms with Gasteiger partial charge in [-0.1, -0.05) is 0 Å². The molecule has 1 aliphatic carbocycles. The van der Waals surface area contributed by atoms with Crippen LogP contribution in [-0.2, 0) is 4.79 Å². The molecule has 5 nitrogen and oxygen atoms in total. The minimum atomic E-state index is -0.0846. The number of aromatic nitrogens is 1. The number of pyridine rings is 1. The van der Waals surface area contributed by atoms with Gasteiger partial charge in [-0.05, 0) is 18.9 Å². The van der Waals surface area contributed by atoms with E-state index in [2.05, 4.69) is 4.98 Å². The predicted octanol–water partition coefficient (Wildman–Crippen LogP) is 1.67. The van der Waals surface area contributed by atoms with E-state index in [0.717, 1.165) is 12.8 Å². The molecule has 1 fully saturated rings. The molecule has 1 aromatic heterocycles. The molecule has 0 bridgehead atoms. The van der Waals surface area contributed by atoms with E-state index in [0.29, 0.717) is 29.9 Å². The van der Waals surface area contributed by atoms with E-state index in [1.807, 2.05) is 0 Å². The van der Waals surface area contributed by atoms with Crippen molar-refractivity contribution in [2.45, 2.75) is 31.7 Å². The third-order valence-electron chi connectivity index (χ3n) is 3.62. The van der Waals surface area contributed by atoms with E-state index >= 15 is 0 Å². The summed E-state index contributed by atoms with van der Waals surface area (Å²) >= 11 is 0. The minimum absolute atomic E-state index is 0.0846. The Morgan fingerprint density at radius 3 is 2.74 bits per heavy atom. The van der Waals surface area contributed by atoms with Crippen molar-refractivity contribution in [3.8, 4) is 5.75 Å². The molecule has 0 N–H and O–H groups in total. The molecule has 1 aliphatic rings. The average Bonchev–Trinajstić information content (AvgIpc) is 2.46. The van der Waals surface area contributed by atoms with Crippen molar-refractivity contribution < 1.29 is 14.3 Å². The zero-order valence-corrected chi connectivity index (χ0v) is 11.3. The highest BCUT2D eigenvalue weighted by atomic mass is 16.5. The minimum Gasteiger partial charge on any atom is -0.494 e. The maximum absolute atomic E-state index is 12.4. The lowest BCUT2D eigenvalue weighted by Gasteiger charge is -2.31. The van der Waals surface area contributed by atoms with Crippen LogP contribution in [0.3, 0.4) is 0 Å². The van der Waals surface area contributed by atoms with Crippen molar-refractivity contribution in [2.75, 3.05) is 14.2 Å². The maximum atomic E-state index is 12.4. The molecular formula is C14H18N2O3. The highest BCUT2D eigenvalue weighted by Gasteiger charge is 2.27. The van der Waals surface area contributed by atoms with Gasteiger partial charge in [0.1, 0.15) is 11.5 Å². The van der Waals surface area contributed by atoms with Gasteiger partial charge in [0.05, 0.1) is 18.9 Å². The van der Waals surface area contributed by atoms with Crippen LogP contribution in [0, 0.1) is 0 Å². The quantitative estimate of drug-likeness (QED) is 0.831. The first-order chi connectivity index (χ1) is 9.13. The SMILES string of the molecule is COc1cnccc1C(=O)N(C)C1CCC(=O)CC1. The number of methoxy groups -OCH3 is 1. The lowest BCUT2D eigenvalue weighted by Crippen LogP contribution is -2.39. The number of hydrogen-bond acceptors (Lipinski definition) is 4. The normalized spacial score (nSPS) is 16.2. The summed E-state index contributed by atoms with van der Waals surface area (Å²) in [6, 6.07) is 1.79. The molecule has 102 valence electrons. The molecule has 1 heterocycles. The van der Waals surface area contributed by atoms with Crippen molar-refractivity contribution in [1.82, 2.24) is 9.88 Å². The highest BCUT2D eigenvalue weighted by molar-refractivity contribution is 5.96. The van der Waals surface area contributed by atoms with Gasteiger partial charge < -0.3 is 9.64 Å². The summed E-state index contributed by atoms with van der Waals surface area (Å²) in [6.07, 6.45) is 5.73. The number of carbonyl (C=O) groups is 2. The number of Topliss-reactive ketones (excluding diaryl/α,β-unsaturated/α-hetero) is 1. The van der Waals surface area contributed by atoms with Crippen LogP contribution < -0.4 is 4.74 Å². The Labute approximate surface area is 112 Å². The molecule has 0 atom stereocenters. The Morgan fingerprint density at radius 2 is 2.11 bits per heavy atom. The Bertz CT molecular complexity index is 477. The zero-order chi connectivity index (χ0) is 13.8. The summed E-state index contributed by atoms with van der Waals surface area (Å²) < 4.78 is 5.16. The molecule has 19 heavy (non-hydrogen) atoms. The summed E-state index contributed by atoms with van der Waals surface area (Å²) in [4.78, 5) is 29.3. The Balaban J connectivity index is 2.12. The monoisotopic (exact) mass is 262 g/mol. The summed E-state index contributed by atoms with van der Waals surface area (Å²) in [6.45, 7) is 0. The standard InChI is InChI=1S/C14H18N2O3/c1-16(10-3-5-11(17)6-4-10)14(18)12-7-8-15-9-13(12)19-2/h7-10H,3-6H2,1-2H3. The first kappa shape index (κ1) is 13.5. The number of rotatable bonds is 3. The number of nitrogens with zero attached hydrogens (tertiary/aromatic N) is 2. The first-order valence-electron chi connectivity index (χ1n) is 6.40. The van der Waals surface area contributed by atoms with E-state index in [1.54, 1.807) is 24.2 Å². The van der Waals surface area contributed by atoms with Crippen LogP contribution in [0.5, 0.6) is 5.75 Å². The molecule has 2 rings (SSSR count). The number of ether oxygens (including phenoxy) is 1. The van der Waals surface area contributed by atoms with Gasteiger partial charge in [-0.3, -0.25) is 14.6 Å². The van der Waals surface area contributed by atoms with Crippen LogP contribution in [0.4, 0.5) is 0 Å². The number of carbonyl (C=O) groups excluding carboxylic acids is 2. The van der Waals surface area contributed by atoms with Gasteiger partial charge in [0, 0.05) is 32.1 Å². The lowest BCUT2D eigenvalue weighted by atomic mass is 9.93. The summed E-state index contributed by atoms with van der Waals surface area (Å²) in [5.74, 6) is 0.684. The van der Waals surface area contributed by atoms with Gasteiger partial charge in [-0.15, -0.1) is 0 Å². The first-order valence-corrected chi connectivity index (χ1v) is 6.40. The van der Waals surface area contributed by atoms with Crippen molar-refractivity contribution in [3.05, 3.63) is 24.0 Å². The van der Waals surface area contributed by atoms with Crippen LogP contribution in [0.25, 0.3) is 0 Å². The smallest absolute Gasteiger partial charge is 0.257 e. The third kappa shape index (κ3) is 2.92. The summed E-state index contributed by atoms with van der Waals surface area (Å²) in [5.41, 5.74) is 0.511. The predicted molar refractivity (Wildman–Crippen MR) is 70.1 cm³/mol. The number of ketones is 1. The maximum Gasteiger partial charge on any atom is 0.257 e. The second-order valence-electron chi connectivity index (χ2n) is 4.76. The lowest BCUT2D eigenvalue weighted by molar-refractivity contribution is -0.121. The van der Waals surface area contributed by atoms with Gasteiger partial charge in [0.15, 0.2) is 0 Å². The van der Waals surface area contributed by atoms with Crippen molar-refractivity contribution in [3.63, 3.8) is 0 Å². The van der Waals surface area contributed by atoms with E-state index < -0.39 is 0 Å². The fourth-order valence-corrected chi connectivity index (χ4v) is 2.39. The van der Waals surface area contributed by atoms with Gasteiger partial charge >= 0.3 is 0 Å². The second kappa shape index (κ2) is 5.82. The van der Waals surface area contributed by atoms with Crippen LogP contribution in [0.2, 0.25) is 0 Å². The third-order valence-corrected chi connectivity index (χ3v) is 3.62. The van der Waals surface area contributed by atoms with E-state index in [4.69, 9.17) is 4.74 Å².